The molecule has 3 heteroatoms. The smallest absolute Gasteiger partial charge is 0.176 e. The van der Waals surface area contributed by atoms with E-state index in [2.05, 4.69) is 17.3 Å². The fraction of sp³-hybridized carbons (Fsp3) is 0.875. The van der Waals surface area contributed by atoms with Gasteiger partial charge in [-0.25, -0.2) is 0 Å². The molecule has 1 rings (SSSR count). The van der Waals surface area contributed by atoms with Crippen LogP contribution in [0.1, 0.15) is 12.8 Å². The average molecular weight is 153 g/mol. The Morgan fingerprint density at radius 2 is 2.18 bits per heavy atom. The molecule has 3 nitrogen and oxygen atoms in total. The van der Waals surface area contributed by atoms with Gasteiger partial charge < -0.3 is 10.2 Å². The van der Waals surface area contributed by atoms with Crippen molar-refractivity contribution >= 4 is 0 Å². The predicted octanol–water partition coefficient (Wildman–Crippen LogP) is 0.399. The maximum atomic E-state index is 8.28. The summed E-state index contributed by atoms with van der Waals surface area (Å²) in [5.41, 5.74) is 0. The van der Waals surface area contributed by atoms with Crippen LogP contribution in [0.4, 0.5) is 0 Å². The van der Waals surface area contributed by atoms with Gasteiger partial charge in [0.25, 0.3) is 0 Å². The van der Waals surface area contributed by atoms with Gasteiger partial charge >= 0.3 is 0 Å². The van der Waals surface area contributed by atoms with Gasteiger partial charge in [-0.1, -0.05) is 0 Å². The van der Waals surface area contributed by atoms with Crippen LogP contribution in [0.25, 0.3) is 0 Å². The zero-order valence-corrected chi connectivity index (χ0v) is 7.01. The van der Waals surface area contributed by atoms with E-state index in [1.807, 2.05) is 6.19 Å². The molecule has 0 aliphatic carbocycles. The van der Waals surface area contributed by atoms with Crippen LogP contribution in [0.3, 0.4) is 0 Å². The maximum Gasteiger partial charge on any atom is 0.176 e. The van der Waals surface area contributed by atoms with Crippen molar-refractivity contribution in [2.45, 2.75) is 12.8 Å². The third-order valence-electron chi connectivity index (χ3n) is 2.31. The van der Waals surface area contributed by atoms with Crippen molar-refractivity contribution in [2.75, 3.05) is 26.7 Å². The second-order valence-electron chi connectivity index (χ2n) is 3.24. The number of nitrogens with zero attached hydrogens (tertiary/aromatic N) is 2. The van der Waals surface area contributed by atoms with Gasteiger partial charge in [0.1, 0.15) is 0 Å². The summed E-state index contributed by atoms with van der Waals surface area (Å²) in [5, 5.41) is 11.0. The monoisotopic (exact) mass is 153 g/mol. The molecule has 1 aliphatic rings. The zero-order valence-electron chi connectivity index (χ0n) is 7.01. The Kier molecular flexibility index (Phi) is 3.18. The van der Waals surface area contributed by atoms with E-state index in [-0.39, 0.29) is 0 Å². The van der Waals surface area contributed by atoms with E-state index in [0.717, 1.165) is 6.54 Å². The molecule has 0 bridgehead atoms. The highest BCUT2D eigenvalue weighted by Crippen LogP contribution is 2.14. The molecule has 1 N–H and O–H groups in total. The van der Waals surface area contributed by atoms with Gasteiger partial charge in [0.2, 0.25) is 0 Å². The fourth-order valence-corrected chi connectivity index (χ4v) is 1.46. The third kappa shape index (κ3) is 2.77. The standard InChI is InChI=1S/C8H15N3/c1-11-4-2-8(3-5-11)6-10-7-9/h8,10H,2-6H2,1H3. The SMILES string of the molecule is CN1CCC(CNC#N)CC1. The van der Waals surface area contributed by atoms with Gasteiger partial charge in [0.15, 0.2) is 6.19 Å². The van der Waals surface area contributed by atoms with Crippen LogP contribution in [0.15, 0.2) is 0 Å². The summed E-state index contributed by atoms with van der Waals surface area (Å²) in [7, 11) is 2.15. The Bertz CT molecular complexity index is 142. The van der Waals surface area contributed by atoms with Crippen molar-refractivity contribution in [3.8, 4) is 6.19 Å². The Morgan fingerprint density at radius 1 is 1.55 bits per heavy atom. The lowest BCUT2D eigenvalue weighted by Gasteiger charge is -2.28. The summed E-state index contributed by atoms with van der Waals surface area (Å²) in [6, 6.07) is 0. The van der Waals surface area contributed by atoms with Crippen molar-refractivity contribution in [1.29, 1.82) is 5.26 Å². The first-order chi connectivity index (χ1) is 5.33. The maximum absolute atomic E-state index is 8.28. The van der Waals surface area contributed by atoms with E-state index >= 15 is 0 Å². The first-order valence-electron chi connectivity index (χ1n) is 4.13. The van der Waals surface area contributed by atoms with Crippen molar-refractivity contribution in [3.05, 3.63) is 0 Å². The Hall–Kier alpha value is -0.750. The highest BCUT2D eigenvalue weighted by molar-refractivity contribution is 4.75. The summed E-state index contributed by atoms with van der Waals surface area (Å²) < 4.78 is 0. The molecule has 62 valence electrons. The lowest BCUT2D eigenvalue weighted by atomic mass is 9.97. The highest BCUT2D eigenvalue weighted by Gasteiger charge is 2.15. The molecule has 1 saturated heterocycles. The molecular weight excluding hydrogens is 138 g/mol. The van der Waals surface area contributed by atoms with Gasteiger partial charge in [-0.05, 0) is 38.9 Å². The van der Waals surface area contributed by atoms with Gasteiger partial charge in [-0.2, -0.15) is 5.26 Å². The van der Waals surface area contributed by atoms with Crippen LogP contribution in [0.2, 0.25) is 0 Å². The van der Waals surface area contributed by atoms with Crippen molar-refractivity contribution < 1.29 is 0 Å². The van der Waals surface area contributed by atoms with E-state index in [1.165, 1.54) is 25.9 Å². The Balaban J connectivity index is 2.13. The molecule has 1 heterocycles. The van der Waals surface area contributed by atoms with Crippen LogP contribution >= 0.6 is 0 Å². The lowest BCUT2D eigenvalue weighted by molar-refractivity contribution is 0.219. The summed E-state index contributed by atoms with van der Waals surface area (Å²) in [4.78, 5) is 2.34. The van der Waals surface area contributed by atoms with Crippen molar-refractivity contribution in [1.82, 2.24) is 10.2 Å². The largest absolute Gasteiger partial charge is 0.324 e. The van der Waals surface area contributed by atoms with Crippen LogP contribution in [0.5, 0.6) is 0 Å². The molecular formula is C8H15N3. The molecule has 0 aromatic rings. The zero-order chi connectivity index (χ0) is 8.10. The second kappa shape index (κ2) is 4.20. The second-order valence-corrected chi connectivity index (χ2v) is 3.24. The van der Waals surface area contributed by atoms with Crippen LogP contribution in [-0.2, 0) is 0 Å². The van der Waals surface area contributed by atoms with E-state index in [0.29, 0.717) is 5.92 Å². The molecule has 0 aromatic carbocycles. The Morgan fingerprint density at radius 3 is 2.73 bits per heavy atom. The molecule has 1 aliphatic heterocycles. The molecule has 0 aromatic heterocycles. The highest BCUT2D eigenvalue weighted by atomic mass is 15.1. The minimum atomic E-state index is 0.714. The molecule has 11 heavy (non-hydrogen) atoms. The molecule has 0 radical (unpaired) electrons. The normalized spacial score (nSPS) is 21.1. The Labute approximate surface area is 68.0 Å². The molecule has 0 spiro atoms. The minimum Gasteiger partial charge on any atom is -0.324 e. The summed E-state index contributed by atoms with van der Waals surface area (Å²) in [6.45, 7) is 3.22. The molecule has 0 atom stereocenters. The first-order valence-corrected chi connectivity index (χ1v) is 4.13. The van der Waals surface area contributed by atoms with Crippen LogP contribution in [-0.4, -0.2) is 31.6 Å². The molecule has 1 fully saturated rings. The topological polar surface area (TPSA) is 39.1 Å². The van der Waals surface area contributed by atoms with Crippen molar-refractivity contribution in [2.24, 2.45) is 5.92 Å². The number of nitriles is 1. The number of nitrogens with one attached hydrogen (secondary N) is 1. The summed E-state index contributed by atoms with van der Waals surface area (Å²) >= 11 is 0. The van der Waals surface area contributed by atoms with Crippen molar-refractivity contribution in [3.63, 3.8) is 0 Å². The predicted molar refractivity (Wildman–Crippen MR) is 43.8 cm³/mol. The number of rotatable bonds is 2. The third-order valence-corrected chi connectivity index (χ3v) is 2.31. The number of hydrogen-bond donors (Lipinski definition) is 1. The quantitative estimate of drug-likeness (QED) is 0.461. The van der Waals surface area contributed by atoms with Crippen LogP contribution < -0.4 is 5.32 Å². The summed E-state index contributed by atoms with van der Waals surface area (Å²) in [5.74, 6) is 0.714. The van der Waals surface area contributed by atoms with Gasteiger partial charge in [0, 0.05) is 6.54 Å². The van der Waals surface area contributed by atoms with Gasteiger partial charge in [-0.3, -0.25) is 0 Å². The van der Waals surface area contributed by atoms with E-state index in [4.69, 9.17) is 5.26 Å². The molecule has 0 amide bonds. The number of likely N-dealkylation sites (tertiary alicyclic amines) is 1. The van der Waals surface area contributed by atoms with E-state index < -0.39 is 0 Å². The number of hydrogen-bond acceptors (Lipinski definition) is 3. The van der Waals surface area contributed by atoms with Crippen LogP contribution in [0, 0.1) is 17.4 Å². The summed E-state index contributed by atoms with van der Waals surface area (Å²) in [6.07, 6.45) is 4.42. The lowest BCUT2D eigenvalue weighted by Crippen LogP contribution is -2.33. The van der Waals surface area contributed by atoms with E-state index in [1.54, 1.807) is 0 Å². The minimum absolute atomic E-state index is 0.714. The van der Waals surface area contributed by atoms with Gasteiger partial charge in [-0.15, -0.1) is 0 Å². The first kappa shape index (κ1) is 8.35. The fourth-order valence-electron chi connectivity index (χ4n) is 1.46. The van der Waals surface area contributed by atoms with E-state index in [9.17, 15) is 0 Å². The average Bonchev–Trinajstić information content (AvgIpc) is 2.04. The van der Waals surface area contributed by atoms with Gasteiger partial charge in [0.05, 0.1) is 0 Å². The molecule has 0 unspecified atom stereocenters. The molecule has 0 saturated carbocycles. The number of piperidine rings is 1.